The number of methoxy groups -OCH3 is 1. The van der Waals surface area contributed by atoms with Crippen molar-refractivity contribution < 1.29 is 22.3 Å². The molecule has 2 aromatic rings. The molecular weight excluding hydrogens is 435 g/mol. The summed E-state index contributed by atoms with van der Waals surface area (Å²) in [7, 11) is -2.13. The predicted octanol–water partition coefficient (Wildman–Crippen LogP) is 2.71. The third-order valence-corrected chi connectivity index (χ3v) is 9.12. The summed E-state index contributed by atoms with van der Waals surface area (Å²) in [6.45, 7) is 3.27. The molecule has 2 aliphatic rings. The molecule has 1 atom stereocenters. The second-order valence-corrected chi connectivity index (χ2v) is 10.9. The van der Waals surface area contributed by atoms with Crippen LogP contribution in [0.2, 0.25) is 0 Å². The second kappa shape index (κ2) is 7.54. The Hall–Kier alpha value is -3.01. The molecular formula is C22H25FN4O4S. The summed E-state index contributed by atoms with van der Waals surface area (Å²) in [4.78, 5) is 21.3. The maximum atomic E-state index is 14.8. The third-order valence-electron chi connectivity index (χ3n) is 6.37. The van der Waals surface area contributed by atoms with Crippen LogP contribution >= 0.6 is 0 Å². The van der Waals surface area contributed by atoms with E-state index in [-0.39, 0.29) is 22.8 Å². The van der Waals surface area contributed by atoms with E-state index >= 15 is 0 Å². The quantitative estimate of drug-likeness (QED) is 0.723. The molecule has 0 saturated heterocycles. The number of nitrogens with two attached hydrogens (primary N) is 1. The molecule has 1 amide bonds. The molecule has 32 heavy (non-hydrogen) atoms. The zero-order valence-electron chi connectivity index (χ0n) is 18.1. The average Bonchev–Trinajstić information content (AvgIpc) is 2.66. The summed E-state index contributed by atoms with van der Waals surface area (Å²) in [6.07, 6.45) is 3.07. The zero-order chi connectivity index (χ0) is 23.3. The fraction of sp³-hybridized carbons (Fsp3) is 0.409. The monoisotopic (exact) mass is 460 g/mol. The van der Waals surface area contributed by atoms with Crippen LogP contribution in [0.15, 0.2) is 35.5 Å². The van der Waals surface area contributed by atoms with Gasteiger partial charge in [-0.2, -0.15) is 0 Å². The molecule has 3 N–H and O–H groups in total. The number of aromatic nitrogens is 1. The zero-order valence-corrected chi connectivity index (χ0v) is 18.9. The summed E-state index contributed by atoms with van der Waals surface area (Å²) in [5.74, 6) is -0.909. The van der Waals surface area contributed by atoms with Gasteiger partial charge in [-0.1, -0.05) is 0 Å². The van der Waals surface area contributed by atoms with Gasteiger partial charge in [0.15, 0.2) is 9.84 Å². The van der Waals surface area contributed by atoms with Crippen LogP contribution in [0.3, 0.4) is 0 Å². The van der Waals surface area contributed by atoms with Gasteiger partial charge in [0.05, 0.1) is 19.1 Å². The van der Waals surface area contributed by atoms with Crippen molar-refractivity contribution in [3.05, 3.63) is 53.1 Å². The molecule has 1 aliphatic carbocycles. The second-order valence-electron chi connectivity index (χ2n) is 8.57. The first-order valence-corrected chi connectivity index (χ1v) is 11.9. The number of rotatable bonds is 4. The van der Waals surface area contributed by atoms with Gasteiger partial charge in [-0.15, -0.1) is 0 Å². The van der Waals surface area contributed by atoms with E-state index in [1.807, 2.05) is 0 Å². The van der Waals surface area contributed by atoms with Crippen molar-refractivity contribution in [3.63, 3.8) is 0 Å². The van der Waals surface area contributed by atoms with Gasteiger partial charge in [-0.3, -0.25) is 9.79 Å². The van der Waals surface area contributed by atoms with E-state index in [0.29, 0.717) is 29.8 Å². The largest absolute Gasteiger partial charge is 0.495 e. The first-order chi connectivity index (χ1) is 15.0. The fourth-order valence-electron chi connectivity index (χ4n) is 4.37. The lowest BCUT2D eigenvalue weighted by molar-refractivity contribution is 0.102. The number of aryl methyl sites for hydroxylation is 1. The first kappa shape index (κ1) is 22.2. The van der Waals surface area contributed by atoms with Crippen LogP contribution in [-0.4, -0.2) is 42.8 Å². The Morgan fingerprint density at radius 2 is 2.00 bits per heavy atom. The Kier molecular flexibility index (Phi) is 5.23. The number of hydrogen-bond acceptors (Lipinski definition) is 7. The number of pyridine rings is 1. The summed E-state index contributed by atoms with van der Waals surface area (Å²) in [6, 6.07) is 5.66. The van der Waals surface area contributed by atoms with Crippen LogP contribution < -0.4 is 15.8 Å². The molecule has 1 aliphatic heterocycles. The van der Waals surface area contributed by atoms with E-state index in [4.69, 9.17) is 10.5 Å². The first-order valence-electron chi connectivity index (χ1n) is 10.2. The number of amidine groups is 1. The number of sulfone groups is 1. The van der Waals surface area contributed by atoms with Crippen molar-refractivity contribution >= 4 is 27.3 Å². The van der Waals surface area contributed by atoms with Crippen LogP contribution in [0, 0.1) is 12.7 Å². The highest BCUT2D eigenvalue weighted by Crippen LogP contribution is 2.47. The normalized spacial score (nSPS) is 23.2. The fourth-order valence-corrected chi connectivity index (χ4v) is 6.89. The molecule has 1 spiro atoms. The number of anilines is 1. The Balaban J connectivity index is 1.67. The van der Waals surface area contributed by atoms with E-state index in [1.165, 1.54) is 31.5 Å². The Morgan fingerprint density at radius 3 is 2.56 bits per heavy atom. The number of nitrogens with zero attached hydrogens (tertiary/aromatic N) is 2. The van der Waals surface area contributed by atoms with Gasteiger partial charge >= 0.3 is 0 Å². The topological polar surface area (TPSA) is 124 Å². The number of carbonyl (C=O) groups is 1. The summed E-state index contributed by atoms with van der Waals surface area (Å²) < 4.78 is 44.9. The summed E-state index contributed by atoms with van der Waals surface area (Å²) in [5.41, 5.74) is 5.85. The van der Waals surface area contributed by atoms with Crippen molar-refractivity contribution in [1.29, 1.82) is 0 Å². The van der Waals surface area contributed by atoms with Gasteiger partial charge in [-0.25, -0.2) is 17.8 Å². The van der Waals surface area contributed by atoms with Crippen LogP contribution in [0.4, 0.5) is 10.1 Å². The number of hydrogen-bond donors (Lipinski definition) is 2. The third kappa shape index (κ3) is 3.42. The molecule has 0 unspecified atom stereocenters. The van der Waals surface area contributed by atoms with Crippen molar-refractivity contribution in [2.24, 2.45) is 10.7 Å². The van der Waals surface area contributed by atoms with Crippen LogP contribution in [-0.2, 0) is 15.4 Å². The van der Waals surface area contributed by atoms with Crippen molar-refractivity contribution in [2.45, 2.75) is 43.4 Å². The standard InChI is InChI=1S/C22H25FN4O4S/c1-13-9-15(31-3)11-25-18(13)19(28)26-14-5-6-17(23)16(10-14)21(2)12-32(29,30)22(7-4-8-22)20(24)27-21/h5-6,9-11H,4,7-8,12H2,1-3H3,(H2,24,27)(H,26,28)/t21-/m0/s1. The molecule has 0 bridgehead atoms. The SMILES string of the molecule is COc1cnc(C(=O)Nc2ccc(F)c([C@]3(C)CS(=O)(=O)C4(CCC4)C(N)=N3)c2)c(C)c1. The van der Waals surface area contributed by atoms with E-state index < -0.39 is 31.8 Å². The summed E-state index contributed by atoms with van der Waals surface area (Å²) in [5, 5.41) is 2.69. The van der Waals surface area contributed by atoms with Gasteiger partial charge in [0.2, 0.25) is 0 Å². The van der Waals surface area contributed by atoms with Crippen LogP contribution in [0.25, 0.3) is 0 Å². The average molecular weight is 461 g/mol. The highest BCUT2D eigenvalue weighted by Gasteiger charge is 2.58. The minimum absolute atomic E-state index is 0.0318. The van der Waals surface area contributed by atoms with Crippen LogP contribution in [0.1, 0.15) is 47.8 Å². The van der Waals surface area contributed by atoms with Gasteiger partial charge < -0.3 is 15.8 Å². The minimum Gasteiger partial charge on any atom is -0.495 e. The van der Waals surface area contributed by atoms with E-state index in [2.05, 4.69) is 15.3 Å². The highest BCUT2D eigenvalue weighted by molar-refractivity contribution is 7.93. The lowest BCUT2D eigenvalue weighted by atomic mass is 9.82. The van der Waals surface area contributed by atoms with E-state index in [0.717, 1.165) is 6.42 Å². The summed E-state index contributed by atoms with van der Waals surface area (Å²) >= 11 is 0. The molecule has 0 radical (unpaired) electrons. The van der Waals surface area contributed by atoms with E-state index in [1.54, 1.807) is 19.9 Å². The molecule has 1 saturated carbocycles. The molecule has 4 rings (SSSR count). The minimum atomic E-state index is -3.63. The van der Waals surface area contributed by atoms with Gasteiger partial charge in [0, 0.05) is 11.3 Å². The maximum Gasteiger partial charge on any atom is 0.274 e. The molecule has 1 aromatic heterocycles. The Bertz CT molecular complexity index is 1240. The predicted molar refractivity (Wildman–Crippen MR) is 119 cm³/mol. The Morgan fingerprint density at radius 1 is 1.28 bits per heavy atom. The maximum absolute atomic E-state index is 14.8. The smallest absolute Gasteiger partial charge is 0.274 e. The number of benzene rings is 1. The van der Waals surface area contributed by atoms with Crippen molar-refractivity contribution in [3.8, 4) is 5.75 Å². The molecule has 170 valence electrons. The number of amides is 1. The van der Waals surface area contributed by atoms with E-state index in [9.17, 15) is 17.6 Å². The number of halogens is 1. The molecule has 8 nitrogen and oxygen atoms in total. The number of ether oxygens (including phenoxy) is 1. The van der Waals surface area contributed by atoms with Gasteiger partial charge in [0.1, 0.15) is 33.4 Å². The lowest BCUT2D eigenvalue weighted by Gasteiger charge is -2.46. The Labute approximate surface area is 186 Å². The molecule has 2 heterocycles. The molecule has 1 fully saturated rings. The van der Waals surface area contributed by atoms with Gasteiger partial charge in [0.25, 0.3) is 5.91 Å². The lowest BCUT2D eigenvalue weighted by Crippen LogP contribution is -2.61. The number of carbonyl (C=O) groups excluding carboxylic acids is 1. The van der Waals surface area contributed by atoms with Gasteiger partial charge in [-0.05, 0) is 62.9 Å². The van der Waals surface area contributed by atoms with Crippen LogP contribution in [0.5, 0.6) is 5.75 Å². The molecule has 10 heteroatoms. The molecule has 1 aromatic carbocycles. The highest BCUT2D eigenvalue weighted by atomic mass is 32.2. The van der Waals surface area contributed by atoms with Crippen molar-refractivity contribution in [2.75, 3.05) is 18.2 Å². The number of nitrogens with one attached hydrogen (secondary N) is 1. The van der Waals surface area contributed by atoms with Crippen molar-refractivity contribution in [1.82, 2.24) is 4.98 Å². The number of aliphatic imine (C=N–C) groups is 1.